The van der Waals surface area contributed by atoms with Gasteiger partial charge >= 0.3 is 0 Å². The Bertz CT molecular complexity index is 483. The zero-order chi connectivity index (χ0) is 13.8. The first-order chi connectivity index (χ1) is 9.08. The normalized spacial score (nSPS) is 19.1. The van der Waals surface area contributed by atoms with E-state index >= 15 is 0 Å². The van der Waals surface area contributed by atoms with Gasteiger partial charge in [0.25, 0.3) is 5.56 Å². The van der Waals surface area contributed by atoms with Crippen molar-refractivity contribution in [3.05, 3.63) is 21.6 Å². The SMILES string of the molecule is CN(C)CCn1ncc(NC2CCOC2)c(Cl)c1=O. The molecule has 7 heteroatoms. The third-order valence-corrected chi connectivity index (χ3v) is 3.40. The highest BCUT2D eigenvalue weighted by molar-refractivity contribution is 6.32. The summed E-state index contributed by atoms with van der Waals surface area (Å²) in [7, 11) is 3.89. The van der Waals surface area contributed by atoms with Crippen LogP contribution in [0.1, 0.15) is 6.42 Å². The maximum Gasteiger partial charge on any atom is 0.287 e. The van der Waals surface area contributed by atoms with Crippen LogP contribution in [-0.4, -0.2) is 54.6 Å². The van der Waals surface area contributed by atoms with Crippen LogP contribution in [0.15, 0.2) is 11.0 Å². The molecule has 1 aromatic rings. The average Bonchev–Trinajstić information content (AvgIpc) is 2.87. The summed E-state index contributed by atoms with van der Waals surface area (Å²) in [5.74, 6) is 0. The van der Waals surface area contributed by atoms with Crippen LogP contribution in [0.4, 0.5) is 5.69 Å². The van der Waals surface area contributed by atoms with Gasteiger partial charge in [0.2, 0.25) is 0 Å². The lowest BCUT2D eigenvalue weighted by molar-refractivity contribution is 0.195. The Kier molecular flexibility index (Phi) is 4.79. The molecule has 0 radical (unpaired) electrons. The molecule has 0 bridgehead atoms. The van der Waals surface area contributed by atoms with Gasteiger partial charge in [-0.15, -0.1) is 0 Å². The van der Waals surface area contributed by atoms with Gasteiger partial charge < -0.3 is 15.0 Å². The second-order valence-electron chi connectivity index (χ2n) is 4.91. The summed E-state index contributed by atoms with van der Waals surface area (Å²) in [6.07, 6.45) is 2.53. The molecule has 19 heavy (non-hydrogen) atoms. The number of anilines is 1. The van der Waals surface area contributed by atoms with Crippen molar-refractivity contribution in [2.24, 2.45) is 0 Å². The largest absolute Gasteiger partial charge is 0.379 e. The summed E-state index contributed by atoms with van der Waals surface area (Å²) in [5, 5.41) is 7.54. The molecule has 1 saturated heterocycles. The molecule has 106 valence electrons. The standard InChI is InChI=1S/C12H19ClN4O2/c1-16(2)4-5-17-12(18)11(13)10(7-14-17)15-9-3-6-19-8-9/h7,9,15H,3-6,8H2,1-2H3. The molecule has 0 amide bonds. The average molecular weight is 287 g/mol. The number of ether oxygens (including phenoxy) is 1. The van der Waals surface area contributed by atoms with E-state index in [9.17, 15) is 4.79 Å². The van der Waals surface area contributed by atoms with E-state index in [1.807, 2.05) is 19.0 Å². The number of rotatable bonds is 5. The summed E-state index contributed by atoms with van der Waals surface area (Å²) in [5.41, 5.74) is 0.329. The summed E-state index contributed by atoms with van der Waals surface area (Å²) in [6.45, 7) is 2.65. The lowest BCUT2D eigenvalue weighted by atomic mass is 10.2. The molecule has 2 rings (SSSR count). The van der Waals surface area contributed by atoms with Crippen molar-refractivity contribution in [3.8, 4) is 0 Å². The molecular formula is C12H19ClN4O2. The van der Waals surface area contributed by atoms with Crippen molar-refractivity contribution >= 4 is 17.3 Å². The minimum Gasteiger partial charge on any atom is -0.379 e. The van der Waals surface area contributed by atoms with Crippen molar-refractivity contribution in [2.45, 2.75) is 19.0 Å². The van der Waals surface area contributed by atoms with E-state index in [-0.39, 0.29) is 16.6 Å². The van der Waals surface area contributed by atoms with Crippen LogP contribution < -0.4 is 10.9 Å². The van der Waals surface area contributed by atoms with E-state index in [2.05, 4.69) is 10.4 Å². The molecule has 1 fully saturated rings. The van der Waals surface area contributed by atoms with Crippen LogP contribution in [0.3, 0.4) is 0 Å². The fourth-order valence-electron chi connectivity index (χ4n) is 1.89. The Morgan fingerprint density at radius 3 is 3.05 bits per heavy atom. The van der Waals surface area contributed by atoms with E-state index < -0.39 is 0 Å². The van der Waals surface area contributed by atoms with Crippen LogP contribution in [0.5, 0.6) is 0 Å². The van der Waals surface area contributed by atoms with Crippen molar-refractivity contribution in [2.75, 3.05) is 39.2 Å². The van der Waals surface area contributed by atoms with Gasteiger partial charge in [-0.3, -0.25) is 4.79 Å². The number of aromatic nitrogens is 2. The topological polar surface area (TPSA) is 59.4 Å². The molecule has 1 aliphatic heterocycles. The fourth-order valence-corrected chi connectivity index (χ4v) is 2.09. The Balaban J connectivity index is 2.10. The first-order valence-corrected chi connectivity index (χ1v) is 6.70. The highest BCUT2D eigenvalue weighted by Gasteiger charge is 2.18. The lowest BCUT2D eigenvalue weighted by Gasteiger charge is -2.15. The number of nitrogens with one attached hydrogen (secondary N) is 1. The lowest BCUT2D eigenvalue weighted by Crippen LogP contribution is -2.30. The number of nitrogens with zero attached hydrogens (tertiary/aromatic N) is 3. The number of likely N-dealkylation sites (N-methyl/N-ethyl adjacent to an activating group) is 1. The molecule has 0 aromatic carbocycles. The molecule has 0 saturated carbocycles. The van der Waals surface area contributed by atoms with Crippen LogP contribution in [0, 0.1) is 0 Å². The minimum absolute atomic E-state index is 0.195. The number of halogens is 1. The Morgan fingerprint density at radius 2 is 2.42 bits per heavy atom. The van der Waals surface area contributed by atoms with E-state index in [0.717, 1.165) is 19.6 Å². The van der Waals surface area contributed by atoms with Crippen LogP contribution in [0.2, 0.25) is 5.02 Å². The third-order valence-electron chi connectivity index (χ3n) is 3.03. The monoisotopic (exact) mass is 286 g/mol. The fraction of sp³-hybridized carbons (Fsp3) is 0.667. The van der Waals surface area contributed by atoms with Gasteiger partial charge in [0.15, 0.2) is 0 Å². The Hall–Kier alpha value is -1.11. The highest BCUT2D eigenvalue weighted by Crippen LogP contribution is 2.18. The third kappa shape index (κ3) is 3.68. The molecule has 0 aliphatic carbocycles. The van der Waals surface area contributed by atoms with Crippen molar-refractivity contribution in [1.82, 2.24) is 14.7 Å². The van der Waals surface area contributed by atoms with Crippen LogP contribution >= 0.6 is 11.6 Å². The van der Waals surface area contributed by atoms with Crippen molar-refractivity contribution < 1.29 is 4.74 Å². The predicted molar refractivity (Wildman–Crippen MR) is 74.9 cm³/mol. The van der Waals surface area contributed by atoms with Crippen LogP contribution in [0.25, 0.3) is 0 Å². The summed E-state index contributed by atoms with van der Waals surface area (Å²) in [6, 6.07) is 0.205. The Morgan fingerprint density at radius 1 is 1.63 bits per heavy atom. The molecular weight excluding hydrogens is 268 g/mol. The molecule has 6 nitrogen and oxygen atoms in total. The molecule has 1 N–H and O–H groups in total. The molecule has 1 unspecified atom stereocenters. The van der Waals surface area contributed by atoms with Crippen molar-refractivity contribution in [3.63, 3.8) is 0 Å². The first kappa shape index (κ1) is 14.3. The number of hydrogen-bond donors (Lipinski definition) is 1. The quantitative estimate of drug-likeness (QED) is 0.862. The van der Waals surface area contributed by atoms with E-state index in [1.54, 1.807) is 6.20 Å². The van der Waals surface area contributed by atoms with Gasteiger partial charge in [-0.05, 0) is 20.5 Å². The second kappa shape index (κ2) is 6.36. The number of hydrogen-bond acceptors (Lipinski definition) is 5. The van der Waals surface area contributed by atoms with Gasteiger partial charge in [-0.25, -0.2) is 4.68 Å². The zero-order valence-corrected chi connectivity index (χ0v) is 12.0. The molecule has 1 atom stereocenters. The zero-order valence-electron chi connectivity index (χ0n) is 11.2. The maximum atomic E-state index is 12.1. The predicted octanol–water partition coefficient (Wildman–Crippen LogP) is 0.659. The summed E-state index contributed by atoms with van der Waals surface area (Å²) < 4.78 is 6.66. The van der Waals surface area contributed by atoms with Gasteiger partial charge in [0, 0.05) is 13.2 Å². The van der Waals surface area contributed by atoms with Crippen molar-refractivity contribution in [1.29, 1.82) is 0 Å². The second-order valence-corrected chi connectivity index (χ2v) is 5.29. The van der Waals surface area contributed by atoms with Gasteiger partial charge in [-0.1, -0.05) is 11.6 Å². The maximum absolute atomic E-state index is 12.1. The molecule has 2 heterocycles. The van der Waals surface area contributed by atoms with Gasteiger partial charge in [-0.2, -0.15) is 5.10 Å². The molecule has 1 aromatic heterocycles. The van der Waals surface area contributed by atoms with E-state index in [4.69, 9.17) is 16.3 Å². The molecule has 0 spiro atoms. The van der Waals surface area contributed by atoms with E-state index in [1.165, 1.54) is 4.68 Å². The summed E-state index contributed by atoms with van der Waals surface area (Å²) >= 11 is 6.10. The van der Waals surface area contributed by atoms with E-state index in [0.29, 0.717) is 18.8 Å². The molecule has 1 aliphatic rings. The van der Waals surface area contributed by atoms with Gasteiger partial charge in [0.1, 0.15) is 5.02 Å². The van der Waals surface area contributed by atoms with Gasteiger partial charge in [0.05, 0.1) is 31.1 Å². The smallest absolute Gasteiger partial charge is 0.287 e. The first-order valence-electron chi connectivity index (χ1n) is 6.32. The van der Waals surface area contributed by atoms with Crippen LogP contribution in [-0.2, 0) is 11.3 Å². The Labute approximate surface area is 117 Å². The minimum atomic E-state index is -0.257. The highest BCUT2D eigenvalue weighted by atomic mass is 35.5. The summed E-state index contributed by atoms with van der Waals surface area (Å²) in [4.78, 5) is 14.0.